The van der Waals surface area contributed by atoms with Gasteiger partial charge in [-0.2, -0.15) is 0 Å². The summed E-state index contributed by atoms with van der Waals surface area (Å²) in [6.45, 7) is 5.40. The molecule has 2 heterocycles. The number of hydrogen-bond donors (Lipinski definition) is 1. The molecule has 0 radical (unpaired) electrons. The maximum absolute atomic E-state index is 13.5. The molecule has 1 unspecified atom stereocenters. The van der Waals surface area contributed by atoms with Crippen LogP contribution in [0.15, 0.2) is 54.6 Å². The minimum absolute atomic E-state index is 0.0206. The Morgan fingerprint density at radius 2 is 2.09 bits per heavy atom. The molecule has 8 heteroatoms. The molecular weight excluding hydrogens is 457 g/mol. The molecule has 1 atom stereocenters. The fourth-order valence-electron chi connectivity index (χ4n) is 4.12. The van der Waals surface area contributed by atoms with Gasteiger partial charge in [0.2, 0.25) is 5.91 Å². The monoisotopic (exact) mass is 485 g/mol. The Labute approximate surface area is 204 Å². The van der Waals surface area contributed by atoms with E-state index in [2.05, 4.69) is 22.4 Å². The summed E-state index contributed by atoms with van der Waals surface area (Å²) in [4.78, 5) is 15.8. The smallest absolute Gasteiger partial charge is 0.222 e. The van der Waals surface area contributed by atoms with E-state index in [1.807, 2.05) is 29.2 Å². The Morgan fingerprint density at radius 3 is 2.85 bits per heavy atom. The lowest BCUT2D eigenvalue weighted by Gasteiger charge is -2.28. The van der Waals surface area contributed by atoms with Crippen molar-refractivity contribution in [1.29, 1.82) is 0 Å². The van der Waals surface area contributed by atoms with Crippen LogP contribution in [-0.4, -0.2) is 59.4 Å². The van der Waals surface area contributed by atoms with Gasteiger partial charge in [0.05, 0.1) is 0 Å². The highest BCUT2D eigenvalue weighted by Crippen LogP contribution is 2.41. The van der Waals surface area contributed by atoms with Gasteiger partial charge in [0.15, 0.2) is 5.11 Å². The van der Waals surface area contributed by atoms with E-state index < -0.39 is 0 Å². The van der Waals surface area contributed by atoms with Gasteiger partial charge in [-0.05, 0) is 48.0 Å². The Bertz CT molecular complexity index is 1050. The summed E-state index contributed by atoms with van der Waals surface area (Å²) in [5.41, 5.74) is 3.24. The average molecular weight is 486 g/mol. The van der Waals surface area contributed by atoms with Crippen molar-refractivity contribution in [2.24, 2.45) is 0 Å². The highest BCUT2D eigenvalue weighted by molar-refractivity contribution is 7.99. The number of carbonyl (C=O) groups is 1. The number of thioether (sulfide) groups is 1. The minimum Gasteiger partial charge on any atom is -0.492 e. The quantitative estimate of drug-likeness (QED) is 0.610. The fourth-order valence-corrected chi connectivity index (χ4v) is 5.82. The molecule has 1 saturated heterocycles. The summed E-state index contributed by atoms with van der Waals surface area (Å²) in [6.07, 6.45) is 3.08. The number of rotatable bonds is 6. The normalized spacial score (nSPS) is 18.7. The van der Waals surface area contributed by atoms with Crippen LogP contribution in [0.2, 0.25) is 0 Å². The third-order valence-electron chi connectivity index (χ3n) is 5.77. The van der Waals surface area contributed by atoms with Crippen LogP contribution >= 0.6 is 24.0 Å². The van der Waals surface area contributed by atoms with Crippen LogP contribution in [0.5, 0.6) is 5.75 Å². The van der Waals surface area contributed by atoms with Crippen LogP contribution in [0.3, 0.4) is 0 Å². The number of carbonyl (C=O) groups excluding carboxylic acids is 1. The second-order valence-corrected chi connectivity index (χ2v) is 9.65. The second-order valence-electron chi connectivity index (χ2n) is 8.08. The van der Waals surface area contributed by atoms with Crippen molar-refractivity contribution < 1.29 is 13.9 Å². The molecule has 1 N–H and O–H groups in total. The van der Waals surface area contributed by atoms with Crippen molar-refractivity contribution >= 4 is 40.6 Å². The largest absolute Gasteiger partial charge is 0.492 e. The zero-order valence-electron chi connectivity index (χ0n) is 18.6. The highest BCUT2D eigenvalue weighted by Gasteiger charge is 2.31. The van der Waals surface area contributed by atoms with E-state index in [0.29, 0.717) is 11.7 Å². The number of nitrogens with zero attached hydrogens (tertiary/aromatic N) is 2. The van der Waals surface area contributed by atoms with Gasteiger partial charge in [0.25, 0.3) is 0 Å². The van der Waals surface area contributed by atoms with Crippen LogP contribution in [0.4, 0.5) is 4.39 Å². The molecule has 2 aromatic carbocycles. The number of halogens is 1. The van der Waals surface area contributed by atoms with Crippen LogP contribution in [-0.2, 0) is 4.79 Å². The average Bonchev–Trinajstić information content (AvgIpc) is 3.29. The van der Waals surface area contributed by atoms with Crippen LogP contribution in [0.25, 0.3) is 5.57 Å². The number of nitrogens with one attached hydrogen (secondary N) is 1. The molecule has 2 aromatic rings. The molecule has 174 valence electrons. The van der Waals surface area contributed by atoms with E-state index in [1.165, 1.54) is 18.6 Å². The van der Waals surface area contributed by atoms with Crippen LogP contribution in [0.1, 0.15) is 29.8 Å². The summed E-state index contributed by atoms with van der Waals surface area (Å²) in [6, 6.07) is 14.8. The molecule has 0 bridgehead atoms. The van der Waals surface area contributed by atoms with Gasteiger partial charge in [-0.25, -0.2) is 4.39 Å². The highest BCUT2D eigenvalue weighted by atomic mass is 32.2. The molecule has 0 saturated carbocycles. The molecule has 33 heavy (non-hydrogen) atoms. The lowest BCUT2D eigenvalue weighted by Crippen LogP contribution is -2.41. The number of ether oxygens (including phenoxy) is 1. The van der Waals surface area contributed by atoms with Crippen molar-refractivity contribution in [3.8, 4) is 5.75 Å². The summed E-state index contributed by atoms with van der Waals surface area (Å²) < 4.78 is 19.7. The molecule has 0 aromatic heterocycles. The van der Waals surface area contributed by atoms with Gasteiger partial charge in [-0.3, -0.25) is 9.69 Å². The van der Waals surface area contributed by atoms with Crippen LogP contribution < -0.4 is 10.1 Å². The van der Waals surface area contributed by atoms with Gasteiger partial charge in [-0.1, -0.05) is 36.4 Å². The van der Waals surface area contributed by atoms with Gasteiger partial charge in [0, 0.05) is 44.4 Å². The van der Waals surface area contributed by atoms with Crippen molar-refractivity contribution in [3.63, 3.8) is 0 Å². The number of amides is 1. The molecule has 1 amide bonds. The summed E-state index contributed by atoms with van der Waals surface area (Å²) in [7, 11) is 0. The van der Waals surface area contributed by atoms with Gasteiger partial charge in [-0.15, -0.1) is 11.8 Å². The van der Waals surface area contributed by atoms with Gasteiger partial charge in [0.1, 0.15) is 23.5 Å². The summed E-state index contributed by atoms with van der Waals surface area (Å²) >= 11 is 7.24. The Balaban J connectivity index is 1.34. The summed E-state index contributed by atoms with van der Waals surface area (Å²) in [5.74, 6) is 1.43. The van der Waals surface area contributed by atoms with Crippen LogP contribution in [0, 0.1) is 5.82 Å². The van der Waals surface area contributed by atoms with Crippen molar-refractivity contribution in [2.45, 2.75) is 18.7 Å². The predicted octanol–water partition coefficient (Wildman–Crippen LogP) is 4.46. The first-order valence-corrected chi connectivity index (χ1v) is 12.6. The predicted molar refractivity (Wildman–Crippen MR) is 136 cm³/mol. The number of benzene rings is 2. The maximum atomic E-state index is 13.5. The lowest BCUT2D eigenvalue weighted by molar-refractivity contribution is -0.117. The van der Waals surface area contributed by atoms with Crippen molar-refractivity contribution in [3.05, 3.63) is 71.6 Å². The van der Waals surface area contributed by atoms with E-state index in [1.54, 1.807) is 23.9 Å². The molecular formula is C25H28FN3O2S2. The van der Waals surface area contributed by atoms with E-state index in [-0.39, 0.29) is 17.1 Å². The molecule has 0 aliphatic carbocycles. The Kier molecular flexibility index (Phi) is 8.01. The van der Waals surface area contributed by atoms with E-state index >= 15 is 0 Å². The molecule has 4 rings (SSSR count). The number of hydrogen-bond acceptors (Lipinski definition) is 5. The zero-order valence-corrected chi connectivity index (χ0v) is 20.3. The first-order valence-electron chi connectivity index (χ1n) is 11.1. The van der Waals surface area contributed by atoms with Gasteiger partial charge >= 0.3 is 0 Å². The van der Waals surface area contributed by atoms with Crippen molar-refractivity contribution in [2.75, 3.05) is 38.5 Å². The third kappa shape index (κ3) is 6.13. The van der Waals surface area contributed by atoms with E-state index in [9.17, 15) is 9.18 Å². The number of thiocarbonyl (C=S) groups is 1. The first-order chi connectivity index (χ1) is 16.0. The SMILES string of the molecule is CC(=O)NC(=S)N1CCSC1c1ccccc1OCCN1CC=C(c2cccc(F)c2)CC1. The van der Waals surface area contributed by atoms with E-state index in [0.717, 1.165) is 55.2 Å². The van der Waals surface area contributed by atoms with Crippen molar-refractivity contribution in [1.82, 2.24) is 15.1 Å². The lowest BCUT2D eigenvalue weighted by atomic mass is 9.99. The fraction of sp³-hybridized carbons (Fsp3) is 0.360. The third-order valence-corrected chi connectivity index (χ3v) is 7.35. The topological polar surface area (TPSA) is 44.8 Å². The molecule has 0 spiro atoms. The summed E-state index contributed by atoms with van der Waals surface area (Å²) in [5, 5.41) is 3.22. The standard InChI is InChI=1S/C25H28FN3O2S2/c1-18(30)27-25(32)29-14-16-33-24(29)22-7-2-3-8-23(22)31-15-13-28-11-9-19(10-12-28)20-5-4-6-21(26)17-20/h2-9,17,24H,10-16H2,1H3,(H,27,30,32). The maximum Gasteiger partial charge on any atom is 0.222 e. The second kappa shape index (κ2) is 11.1. The number of para-hydroxylation sites is 1. The Hall–Kier alpha value is -2.42. The molecule has 2 aliphatic heterocycles. The zero-order chi connectivity index (χ0) is 23.2. The Morgan fingerprint density at radius 1 is 1.24 bits per heavy atom. The van der Waals surface area contributed by atoms with Gasteiger partial charge < -0.3 is 15.0 Å². The van der Waals surface area contributed by atoms with E-state index in [4.69, 9.17) is 17.0 Å². The first kappa shape index (κ1) is 23.7. The molecule has 5 nitrogen and oxygen atoms in total. The minimum atomic E-state index is -0.195. The molecule has 1 fully saturated rings. The molecule has 2 aliphatic rings.